The van der Waals surface area contributed by atoms with Crippen LogP contribution in [0, 0.1) is 5.82 Å². The second kappa shape index (κ2) is 5.58. The highest BCUT2D eigenvalue weighted by atomic mass is 79.9. The molecule has 1 N–H and O–H groups in total. The fourth-order valence-electron chi connectivity index (χ4n) is 1.33. The maximum atomic E-state index is 13.3. The van der Waals surface area contributed by atoms with Crippen LogP contribution in [0.3, 0.4) is 0 Å². The monoisotopic (exact) mass is 372 g/mol. The highest BCUT2D eigenvalue weighted by molar-refractivity contribution is 9.10. The molecule has 1 aromatic heterocycles. The number of carbonyl (C=O) groups is 1. The molecule has 0 radical (unpaired) electrons. The average molecular weight is 374 g/mol. The van der Waals surface area contributed by atoms with Crippen LogP contribution in [0.15, 0.2) is 45.6 Å². The topological polar surface area (TPSA) is 42.0 Å². The molecule has 6 heteroatoms. The van der Waals surface area contributed by atoms with E-state index in [1.165, 1.54) is 24.4 Å². The SMILES string of the molecule is O=C(Nc1ccc(Br)nc1)c1cccc(F)c1Br. The molecule has 0 bridgehead atoms. The lowest BCUT2D eigenvalue weighted by Gasteiger charge is -2.07. The Bertz CT molecular complexity index is 587. The maximum Gasteiger partial charge on any atom is 0.256 e. The lowest BCUT2D eigenvalue weighted by atomic mass is 10.2. The van der Waals surface area contributed by atoms with Gasteiger partial charge in [-0.3, -0.25) is 4.79 Å². The van der Waals surface area contributed by atoms with Gasteiger partial charge >= 0.3 is 0 Å². The molecule has 1 aromatic carbocycles. The molecule has 0 spiro atoms. The molecule has 0 saturated heterocycles. The van der Waals surface area contributed by atoms with Gasteiger partial charge < -0.3 is 5.32 Å². The number of aromatic nitrogens is 1. The molecule has 0 atom stereocenters. The molecule has 2 rings (SSSR count). The summed E-state index contributed by atoms with van der Waals surface area (Å²) in [5, 5.41) is 2.63. The van der Waals surface area contributed by atoms with Crippen molar-refractivity contribution in [2.45, 2.75) is 0 Å². The number of pyridine rings is 1. The van der Waals surface area contributed by atoms with E-state index in [-0.39, 0.29) is 10.0 Å². The lowest BCUT2D eigenvalue weighted by molar-refractivity contribution is 0.102. The Balaban J connectivity index is 2.22. The molecule has 1 amide bonds. The van der Waals surface area contributed by atoms with Crippen LogP contribution in [-0.4, -0.2) is 10.9 Å². The predicted octanol–water partition coefficient (Wildman–Crippen LogP) is 4.00. The minimum atomic E-state index is -0.475. The zero-order chi connectivity index (χ0) is 13.1. The Morgan fingerprint density at radius 2 is 2.00 bits per heavy atom. The summed E-state index contributed by atoms with van der Waals surface area (Å²) >= 11 is 6.24. The van der Waals surface area contributed by atoms with Crippen molar-refractivity contribution in [3.63, 3.8) is 0 Å². The van der Waals surface area contributed by atoms with Crippen LogP contribution < -0.4 is 5.32 Å². The second-order valence-corrected chi connectivity index (χ2v) is 5.03. The number of hydrogen-bond donors (Lipinski definition) is 1. The summed E-state index contributed by atoms with van der Waals surface area (Å²) in [5.74, 6) is -0.873. The molecular weight excluding hydrogens is 367 g/mol. The first-order chi connectivity index (χ1) is 8.58. The van der Waals surface area contributed by atoms with E-state index in [0.717, 1.165) is 0 Å². The van der Waals surface area contributed by atoms with Crippen molar-refractivity contribution < 1.29 is 9.18 Å². The molecule has 0 aliphatic rings. The lowest BCUT2D eigenvalue weighted by Crippen LogP contribution is -2.13. The van der Waals surface area contributed by atoms with Crippen molar-refractivity contribution in [2.75, 3.05) is 5.32 Å². The second-order valence-electron chi connectivity index (χ2n) is 3.43. The normalized spacial score (nSPS) is 10.2. The van der Waals surface area contributed by atoms with Gasteiger partial charge in [0.1, 0.15) is 10.4 Å². The molecule has 18 heavy (non-hydrogen) atoms. The zero-order valence-electron chi connectivity index (χ0n) is 8.95. The Morgan fingerprint density at radius 3 is 2.67 bits per heavy atom. The summed E-state index contributed by atoms with van der Waals surface area (Å²) in [7, 11) is 0. The van der Waals surface area contributed by atoms with Gasteiger partial charge in [0.2, 0.25) is 0 Å². The van der Waals surface area contributed by atoms with Gasteiger partial charge in [-0.05, 0) is 56.1 Å². The van der Waals surface area contributed by atoms with Crippen molar-refractivity contribution in [1.29, 1.82) is 0 Å². The number of halogens is 3. The van der Waals surface area contributed by atoms with Gasteiger partial charge in [0.15, 0.2) is 0 Å². The summed E-state index contributed by atoms with van der Waals surface area (Å²) in [4.78, 5) is 15.9. The third kappa shape index (κ3) is 2.94. The van der Waals surface area contributed by atoms with E-state index >= 15 is 0 Å². The van der Waals surface area contributed by atoms with E-state index in [2.05, 4.69) is 42.2 Å². The van der Waals surface area contributed by atoms with E-state index < -0.39 is 11.7 Å². The molecule has 0 unspecified atom stereocenters. The quantitative estimate of drug-likeness (QED) is 0.808. The van der Waals surface area contributed by atoms with Crippen LogP contribution in [-0.2, 0) is 0 Å². The minimum absolute atomic E-state index is 0.146. The van der Waals surface area contributed by atoms with Crippen molar-refractivity contribution >= 4 is 43.5 Å². The largest absolute Gasteiger partial charge is 0.321 e. The maximum absolute atomic E-state index is 13.3. The number of nitrogens with one attached hydrogen (secondary N) is 1. The molecule has 0 aliphatic carbocycles. The van der Waals surface area contributed by atoms with Crippen LogP contribution in [0.5, 0.6) is 0 Å². The van der Waals surface area contributed by atoms with Gasteiger partial charge in [0.05, 0.1) is 21.9 Å². The van der Waals surface area contributed by atoms with Crippen LogP contribution in [0.25, 0.3) is 0 Å². The number of anilines is 1. The number of carbonyl (C=O) groups excluding carboxylic acids is 1. The number of amides is 1. The van der Waals surface area contributed by atoms with Gasteiger partial charge in [-0.25, -0.2) is 9.37 Å². The van der Waals surface area contributed by atoms with Gasteiger partial charge in [0.25, 0.3) is 5.91 Å². The summed E-state index contributed by atoms with van der Waals surface area (Å²) in [5.41, 5.74) is 0.775. The van der Waals surface area contributed by atoms with Crippen LogP contribution >= 0.6 is 31.9 Å². The molecule has 1 heterocycles. The van der Waals surface area contributed by atoms with E-state index in [4.69, 9.17) is 0 Å². The Kier molecular flexibility index (Phi) is 4.08. The van der Waals surface area contributed by atoms with Gasteiger partial charge in [-0.15, -0.1) is 0 Å². The minimum Gasteiger partial charge on any atom is -0.321 e. The van der Waals surface area contributed by atoms with Crippen molar-refractivity contribution in [3.05, 3.63) is 57.0 Å². The molecular formula is C12H7Br2FN2O. The average Bonchev–Trinajstić information content (AvgIpc) is 2.35. The summed E-state index contributed by atoms with van der Waals surface area (Å²) < 4.78 is 14.1. The number of hydrogen-bond acceptors (Lipinski definition) is 2. The smallest absolute Gasteiger partial charge is 0.256 e. The van der Waals surface area contributed by atoms with Crippen LogP contribution in [0.1, 0.15) is 10.4 Å². The fourth-order valence-corrected chi connectivity index (χ4v) is 2.01. The van der Waals surface area contributed by atoms with Gasteiger partial charge in [0, 0.05) is 0 Å². The fraction of sp³-hybridized carbons (Fsp3) is 0. The molecule has 3 nitrogen and oxygen atoms in total. The molecule has 2 aromatic rings. The zero-order valence-corrected chi connectivity index (χ0v) is 12.1. The molecule has 92 valence electrons. The van der Waals surface area contributed by atoms with E-state index in [1.807, 2.05) is 0 Å². The first-order valence-corrected chi connectivity index (χ1v) is 6.53. The molecule has 0 aliphatic heterocycles. The van der Waals surface area contributed by atoms with Crippen molar-refractivity contribution in [3.8, 4) is 0 Å². The third-order valence-corrected chi connectivity index (χ3v) is 3.46. The molecule has 0 fully saturated rings. The van der Waals surface area contributed by atoms with Gasteiger partial charge in [-0.2, -0.15) is 0 Å². The number of nitrogens with zero attached hydrogens (tertiary/aromatic N) is 1. The van der Waals surface area contributed by atoms with Crippen LogP contribution in [0.4, 0.5) is 10.1 Å². The highest BCUT2D eigenvalue weighted by Gasteiger charge is 2.13. The van der Waals surface area contributed by atoms with E-state index in [0.29, 0.717) is 10.3 Å². The molecule has 0 saturated carbocycles. The Hall–Kier alpha value is -1.27. The van der Waals surface area contributed by atoms with E-state index in [1.54, 1.807) is 12.1 Å². The summed E-state index contributed by atoms with van der Waals surface area (Å²) in [6.07, 6.45) is 1.51. The first-order valence-electron chi connectivity index (χ1n) is 4.95. The van der Waals surface area contributed by atoms with Crippen molar-refractivity contribution in [2.24, 2.45) is 0 Å². The van der Waals surface area contributed by atoms with Gasteiger partial charge in [-0.1, -0.05) is 6.07 Å². The van der Waals surface area contributed by atoms with E-state index in [9.17, 15) is 9.18 Å². The Labute approximate surface area is 120 Å². The van der Waals surface area contributed by atoms with Crippen molar-refractivity contribution in [1.82, 2.24) is 4.98 Å². The summed E-state index contributed by atoms with van der Waals surface area (Å²) in [6.45, 7) is 0. The van der Waals surface area contributed by atoms with Crippen LogP contribution in [0.2, 0.25) is 0 Å². The first kappa shape index (κ1) is 13.2. The number of benzene rings is 1. The highest BCUT2D eigenvalue weighted by Crippen LogP contribution is 2.21. The third-order valence-electron chi connectivity index (χ3n) is 2.18. The summed E-state index contributed by atoms with van der Waals surface area (Å²) in [6, 6.07) is 7.70. The predicted molar refractivity (Wildman–Crippen MR) is 74.0 cm³/mol. The Morgan fingerprint density at radius 1 is 1.22 bits per heavy atom. The standard InChI is InChI=1S/C12H7Br2FN2O/c13-10-5-4-7(6-16-10)17-12(18)8-2-1-3-9(15)11(8)14/h1-6H,(H,17,18). The number of rotatable bonds is 2.